The molecule has 2 aromatic carbocycles. The van der Waals surface area contributed by atoms with Crippen LogP contribution in [0.1, 0.15) is 36.0 Å². The van der Waals surface area contributed by atoms with Gasteiger partial charge in [-0.25, -0.2) is 0 Å². The molecule has 2 aromatic rings. The van der Waals surface area contributed by atoms with Gasteiger partial charge in [-0.2, -0.15) is 0 Å². The Hall–Kier alpha value is -3.45. The molecule has 2 N–H and O–H groups in total. The van der Waals surface area contributed by atoms with Crippen molar-refractivity contribution in [3.8, 4) is 0 Å². The van der Waals surface area contributed by atoms with Gasteiger partial charge in [0.2, 0.25) is 5.91 Å². The fourth-order valence-corrected chi connectivity index (χ4v) is 3.60. The van der Waals surface area contributed by atoms with E-state index in [0.717, 1.165) is 22.4 Å². The van der Waals surface area contributed by atoms with E-state index in [1.807, 2.05) is 54.6 Å². The number of benzene rings is 2. The van der Waals surface area contributed by atoms with Crippen LogP contribution in [0.15, 0.2) is 48.5 Å². The van der Waals surface area contributed by atoms with E-state index in [2.05, 4.69) is 6.08 Å². The monoisotopic (exact) mass is 422 g/mol. The van der Waals surface area contributed by atoms with Crippen molar-refractivity contribution >= 4 is 35.7 Å². The summed E-state index contributed by atoms with van der Waals surface area (Å²) in [6.45, 7) is 1.15. The third-order valence-corrected chi connectivity index (χ3v) is 5.28. The van der Waals surface area contributed by atoms with E-state index < -0.39 is 11.9 Å². The maximum Gasteiger partial charge on any atom is 0.304 e. The highest BCUT2D eigenvalue weighted by Gasteiger charge is 2.22. The minimum absolute atomic E-state index is 0.0896. The fraction of sp³-hybridized carbons (Fsp3) is 0.292. The third-order valence-electron chi connectivity index (χ3n) is 5.28. The van der Waals surface area contributed by atoms with Gasteiger partial charge in [-0.3, -0.25) is 14.4 Å². The van der Waals surface area contributed by atoms with Crippen LogP contribution in [0.5, 0.6) is 0 Å². The Bertz CT molecular complexity index is 967. The first-order valence-electron chi connectivity index (χ1n) is 10.3. The molecule has 0 saturated carbocycles. The van der Waals surface area contributed by atoms with E-state index >= 15 is 0 Å². The van der Waals surface area contributed by atoms with Gasteiger partial charge in [-0.15, -0.1) is 0 Å². The average molecular weight is 422 g/mol. The number of aliphatic carboxylic acids is 2. The minimum atomic E-state index is -0.951. The molecule has 0 spiro atoms. The Balaban J connectivity index is 1.78. The topological polar surface area (TPSA) is 98.1 Å². The van der Waals surface area contributed by atoms with Crippen LogP contribution in [-0.2, 0) is 20.9 Å². The molecule has 0 aromatic heterocycles. The van der Waals surface area contributed by atoms with Crippen LogP contribution < -0.4 is 4.90 Å². The molecule has 0 radical (unpaired) electrons. The highest BCUT2D eigenvalue weighted by Crippen LogP contribution is 2.29. The molecule has 7 nitrogen and oxygen atoms in total. The summed E-state index contributed by atoms with van der Waals surface area (Å²) in [5.41, 5.74) is 3.86. The lowest BCUT2D eigenvalue weighted by Crippen LogP contribution is -2.36. The van der Waals surface area contributed by atoms with Crippen LogP contribution in [0.25, 0.3) is 12.2 Å². The second-order valence-electron chi connectivity index (χ2n) is 7.45. The number of fused-ring (bicyclic) bond motifs is 2. The molecule has 31 heavy (non-hydrogen) atoms. The minimum Gasteiger partial charge on any atom is -0.481 e. The number of carboxylic acids is 2. The van der Waals surface area contributed by atoms with Gasteiger partial charge in [0.1, 0.15) is 0 Å². The molecule has 0 saturated heterocycles. The smallest absolute Gasteiger partial charge is 0.304 e. The largest absolute Gasteiger partial charge is 0.481 e. The second-order valence-corrected chi connectivity index (χ2v) is 7.45. The SMILES string of the molecule is O=C(O)CCN(CCC(=O)O)CCC(=O)N1Cc2ccccc2/C=C\c2ccccc21. The quantitative estimate of drug-likeness (QED) is 0.643. The standard InChI is InChI=1S/C24H26N2O5/c27-22(11-14-25(15-12-23(28)29)16-13-24(30)31)26-17-20-7-2-1-5-18(20)9-10-19-6-3-4-8-21(19)26/h1-10H,11-17H2,(H,28,29)(H,30,31)/b10-9-. The van der Waals surface area contributed by atoms with Crippen molar-refractivity contribution in [3.63, 3.8) is 0 Å². The zero-order chi connectivity index (χ0) is 22.2. The number of para-hydroxylation sites is 1. The number of carbonyl (C=O) groups excluding carboxylic acids is 1. The Kier molecular flexibility index (Phi) is 7.56. The van der Waals surface area contributed by atoms with E-state index in [1.165, 1.54) is 0 Å². The summed E-state index contributed by atoms with van der Waals surface area (Å²) in [5, 5.41) is 17.9. The van der Waals surface area contributed by atoms with Crippen molar-refractivity contribution in [1.29, 1.82) is 0 Å². The van der Waals surface area contributed by atoms with Crippen molar-refractivity contribution in [2.75, 3.05) is 24.5 Å². The van der Waals surface area contributed by atoms with E-state index in [1.54, 1.807) is 9.80 Å². The van der Waals surface area contributed by atoms with E-state index in [0.29, 0.717) is 13.1 Å². The van der Waals surface area contributed by atoms with Gasteiger partial charge in [-0.05, 0) is 22.8 Å². The molecule has 3 rings (SSSR count). The lowest BCUT2D eigenvalue weighted by Gasteiger charge is -2.28. The number of amides is 1. The lowest BCUT2D eigenvalue weighted by atomic mass is 10.0. The Morgan fingerprint density at radius 1 is 0.774 bits per heavy atom. The highest BCUT2D eigenvalue weighted by molar-refractivity contribution is 5.97. The molecule has 1 heterocycles. The highest BCUT2D eigenvalue weighted by atomic mass is 16.4. The third kappa shape index (κ3) is 6.26. The van der Waals surface area contributed by atoms with Crippen LogP contribution >= 0.6 is 0 Å². The lowest BCUT2D eigenvalue weighted by molar-refractivity contribution is -0.137. The van der Waals surface area contributed by atoms with Crippen LogP contribution in [0.4, 0.5) is 5.69 Å². The number of hydrogen-bond acceptors (Lipinski definition) is 4. The maximum absolute atomic E-state index is 13.3. The predicted octanol–water partition coefficient (Wildman–Crippen LogP) is 3.35. The molecule has 0 unspecified atom stereocenters. The normalized spacial score (nSPS) is 13.6. The molecule has 0 atom stereocenters. The zero-order valence-electron chi connectivity index (χ0n) is 17.2. The first-order valence-corrected chi connectivity index (χ1v) is 10.3. The number of anilines is 1. The van der Waals surface area contributed by atoms with Crippen LogP contribution in [-0.4, -0.2) is 52.6 Å². The molecule has 0 bridgehead atoms. The molecular weight excluding hydrogens is 396 g/mol. The summed E-state index contributed by atoms with van der Waals surface area (Å²) in [7, 11) is 0. The van der Waals surface area contributed by atoms with Gasteiger partial charge in [0.15, 0.2) is 0 Å². The van der Waals surface area contributed by atoms with Gasteiger partial charge in [-0.1, -0.05) is 54.6 Å². The summed E-state index contributed by atoms with van der Waals surface area (Å²) in [4.78, 5) is 38.6. The molecule has 162 valence electrons. The summed E-state index contributed by atoms with van der Waals surface area (Å²) >= 11 is 0. The molecule has 1 amide bonds. The molecular formula is C24H26N2O5. The van der Waals surface area contributed by atoms with Crippen molar-refractivity contribution in [3.05, 3.63) is 65.2 Å². The fourth-order valence-electron chi connectivity index (χ4n) is 3.60. The van der Waals surface area contributed by atoms with Gasteiger partial charge in [0.05, 0.1) is 25.1 Å². The number of hydrogen-bond donors (Lipinski definition) is 2. The number of rotatable bonds is 9. The molecule has 1 aliphatic heterocycles. The first-order chi connectivity index (χ1) is 14.9. The number of nitrogens with zero attached hydrogens (tertiary/aromatic N) is 2. The predicted molar refractivity (Wildman–Crippen MR) is 119 cm³/mol. The van der Waals surface area contributed by atoms with Crippen molar-refractivity contribution in [1.82, 2.24) is 4.90 Å². The van der Waals surface area contributed by atoms with Crippen LogP contribution in [0.2, 0.25) is 0 Å². The van der Waals surface area contributed by atoms with Crippen LogP contribution in [0.3, 0.4) is 0 Å². The molecule has 7 heteroatoms. The molecule has 1 aliphatic rings. The summed E-state index contributed by atoms with van der Waals surface area (Å²) in [6.07, 6.45) is 4.02. The van der Waals surface area contributed by atoms with E-state index in [4.69, 9.17) is 10.2 Å². The van der Waals surface area contributed by atoms with Crippen molar-refractivity contribution < 1.29 is 24.6 Å². The summed E-state index contributed by atoms with van der Waals surface area (Å²) in [5.74, 6) is -1.99. The Morgan fingerprint density at radius 3 is 2.00 bits per heavy atom. The second kappa shape index (κ2) is 10.5. The number of carboxylic acid groups (broad SMARTS) is 2. The average Bonchev–Trinajstić information content (AvgIpc) is 2.74. The van der Waals surface area contributed by atoms with Gasteiger partial charge < -0.3 is 20.0 Å². The number of carbonyl (C=O) groups is 3. The first kappa shape index (κ1) is 22.2. The summed E-state index contributed by atoms with van der Waals surface area (Å²) in [6, 6.07) is 15.6. The van der Waals surface area contributed by atoms with E-state index in [-0.39, 0.29) is 38.3 Å². The molecule has 0 fully saturated rings. The van der Waals surface area contributed by atoms with Gasteiger partial charge >= 0.3 is 11.9 Å². The van der Waals surface area contributed by atoms with Gasteiger partial charge in [0.25, 0.3) is 0 Å². The van der Waals surface area contributed by atoms with Crippen LogP contribution in [0, 0.1) is 0 Å². The maximum atomic E-state index is 13.3. The Morgan fingerprint density at radius 2 is 1.32 bits per heavy atom. The van der Waals surface area contributed by atoms with Crippen molar-refractivity contribution in [2.24, 2.45) is 0 Å². The summed E-state index contributed by atoms with van der Waals surface area (Å²) < 4.78 is 0. The van der Waals surface area contributed by atoms with E-state index in [9.17, 15) is 14.4 Å². The Labute approximate surface area is 181 Å². The molecule has 0 aliphatic carbocycles. The van der Waals surface area contributed by atoms with Gasteiger partial charge in [0, 0.05) is 26.1 Å². The van der Waals surface area contributed by atoms with Crippen molar-refractivity contribution in [2.45, 2.75) is 25.8 Å². The zero-order valence-corrected chi connectivity index (χ0v) is 17.2.